The van der Waals surface area contributed by atoms with E-state index in [0.29, 0.717) is 5.56 Å². The Morgan fingerprint density at radius 3 is 1.77 bits per heavy atom. The Hall–Kier alpha value is -4.98. The van der Waals surface area contributed by atoms with Gasteiger partial charge in [0.25, 0.3) is 0 Å². The molecule has 4 amide bonds. The summed E-state index contributed by atoms with van der Waals surface area (Å²) >= 11 is 0. The van der Waals surface area contributed by atoms with Crippen molar-refractivity contribution < 1.29 is 48.1 Å². The molecule has 0 radical (unpaired) electrons. The van der Waals surface area contributed by atoms with Gasteiger partial charge in [-0.25, -0.2) is 9.59 Å². The summed E-state index contributed by atoms with van der Waals surface area (Å²) < 4.78 is 16.5. The highest BCUT2D eigenvalue weighted by molar-refractivity contribution is 5.95. The molecule has 0 aliphatic rings. The van der Waals surface area contributed by atoms with Crippen LogP contribution in [0.1, 0.15) is 72.9 Å². The first kappa shape index (κ1) is 44.2. The Kier molecular flexibility index (Phi) is 16.5. The summed E-state index contributed by atoms with van der Waals surface area (Å²) in [5.41, 5.74) is -0.0926. The minimum atomic E-state index is -1.62. The van der Waals surface area contributed by atoms with E-state index in [1.807, 2.05) is 6.07 Å². The molecule has 0 aliphatic carbocycles. The Balaban J connectivity index is 2.41. The topological polar surface area (TPSA) is 181 Å². The lowest BCUT2D eigenvalue weighted by atomic mass is 9.98. The molecule has 53 heavy (non-hydrogen) atoms. The predicted octanol–water partition coefficient (Wildman–Crippen LogP) is 3.95. The van der Waals surface area contributed by atoms with Crippen LogP contribution in [0.15, 0.2) is 60.7 Å². The van der Waals surface area contributed by atoms with E-state index in [0.717, 1.165) is 5.56 Å². The smallest absolute Gasteiger partial charge is 0.408 e. The molecule has 14 heteroatoms. The molecule has 0 saturated carbocycles. The van der Waals surface area contributed by atoms with Crippen LogP contribution in [0, 0.1) is 5.92 Å². The van der Waals surface area contributed by atoms with E-state index in [2.05, 4.69) is 10.6 Å². The lowest BCUT2D eigenvalue weighted by Gasteiger charge is -2.37. The zero-order valence-corrected chi connectivity index (χ0v) is 32.5. The molecule has 0 fully saturated rings. The maximum Gasteiger partial charge on any atom is 0.408 e. The molecule has 0 saturated heterocycles. The summed E-state index contributed by atoms with van der Waals surface area (Å²) in [5.74, 6) is -4.87. The van der Waals surface area contributed by atoms with Crippen molar-refractivity contribution in [2.45, 2.75) is 110 Å². The fourth-order valence-corrected chi connectivity index (χ4v) is 5.35. The molecule has 0 aliphatic heterocycles. The van der Waals surface area contributed by atoms with E-state index < -0.39 is 83.5 Å². The van der Waals surface area contributed by atoms with Crippen molar-refractivity contribution >= 4 is 35.8 Å². The number of alkyl carbamates (subject to hydrolysis) is 1. The largest absolute Gasteiger partial charge is 0.480 e. The Labute approximate surface area is 312 Å². The molecular weight excluding hydrogens is 684 g/mol. The molecule has 0 unspecified atom stereocenters. The number of carbonyl (C=O) groups excluding carboxylic acids is 5. The van der Waals surface area contributed by atoms with E-state index in [9.17, 15) is 33.9 Å². The van der Waals surface area contributed by atoms with E-state index in [1.165, 1.54) is 23.9 Å². The maximum atomic E-state index is 14.4. The zero-order valence-electron chi connectivity index (χ0n) is 32.5. The molecule has 0 bridgehead atoms. The third kappa shape index (κ3) is 15.3. The number of aliphatic carboxylic acids is 1. The van der Waals surface area contributed by atoms with Crippen molar-refractivity contribution in [1.82, 2.24) is 20.4 Å². The van der Waals surface area contributed by atoms with E-state index in [1.54, 1.807) is 110 Å². The fourth-order valence-electron chi connectivity index (χ4n) is 5.35. The highest BCUT2D eigenvalue weighted by atomic mass is 16.6. The number of carboxylic acid groups (broad SMARTS) is 1. The number of likely N-dealkylation sites (N-methyl/N-ethyl adjacent to an activating group) is 2. The number of benzene rings is 2. The monoisotopic (exact) mass is 740 g/mol. The minimum absolute atomic E-state index is 0.0391. The number of ether oxygens (including phenoxy) is 3. The second-order valence-corrected chi connectivity index (χ2v) is 15.2. The molecular formula is C39H56N4O10. The molecule has 14 nitrogen and oxygen atoms in total. The fraction of sp³-hybridized carbons (Fsp3) is 0.538. The molecule has 2 aromatic carbocycles. The SMILES string of the molecule is CC(C)[C@@H](C(=O)N[C@@H](CC(=O)OC(C)(C)C)C(=O)O)N(C)C(=O)[C@H](Cc1ccccc1)N(C)C(=O)[C@H](COC(C)(C)C)NC(=O)OCc1ccccc1. The first-order valence-electron chi connectivity index (χ1n) is 17.5. The molecule has 0 heterocycles. The predicted molar refractivity (Wildman–Crippen MR) is 197 cm³/mol. The number of rotatable bonds is 17. The number of nitrogens with zero attached hydrogens (tertiary/aromatic N) is 2. The van der Waals surface area contributed by atoms with Crippen LogP contribution in [0.3, 0.4) is 0 Å². The standard InChI is InChI=1S/C39H56N4O10/c1-25(2)32(33(45)40-28(36(48)49)22-31(44)53-39(6,7)8)43(10)35(47)30(21-26-17-13-11-14-18-26)42(9)34(46)29(24-52-38(3,4)5)41-37(50)51-23-27-19-15-12-16-20-27/h11-20,25,28-30,32H,21-24H2,1-10H3,(H,40,45)(H,41,50)(H,48,49)/t28-,29-,30-,32-/m0/s1. The number of hydrogen-bond acceptors (Lipinski definition) is 9. The number of amides is 4. The van der Waals surface area contributed by atoms with Crippen LogP contribution in [0.5, 0.6) is 0 Å². The van der Waals surface area contributed by atoms with Gasteiger partial charge in [-0.05, 0) is 58.6 Å². The molecule has 2 rings (SSSR count). The minimum Gasteiger partial charge on any atom is -0.480 e. The Bertz CT molecular complexity index is 1540. The first-order chi connectivity index (χ1) is 24.6. The second kappa shape index (κ2) is 19.7. The van der Waals surface area contributed by atoms with Crippen molar-refractivity contribution in [3.05, 3.63) is 71.8 Å². The highest BCUT2D eigenvalue weighted by Gasteiger charge is 2.40. The van der Waals surface area contributed by atoms with Crippen LogP contribution in [0.4, 0.5) is 4.79 Å². The van der Waals surface area contributed by atoms with Gasteiger partial charge in [0.1, 0.15) is 36.4 Å². The van der Waals surface area contributed by atoms with Gasteiger partial charge in [-0.3, -0.25) is 19.2 Å². The van der Waals surface area contributed by atoms with Crippen LogP contribution in [-0.4, -0.2) is 107 Å². The summed E-state index contributed by atoms with van der Waals surface area (Å²) in [6.07, 6.45) is -1.45. The van der Waals surface area contributed by atoms with Gasteiger partial charge >= 0.3 is 18.0 Å². The average molecular weight is 741 g/mol. The zero-order chi connectivity index (χ0) is 40.1. The molecule has 2 aromatic rings. The molecule has 4 atom stereocenters. The van der Waals surface area contributed by atoms with Gasteiger partial charge in [0.15, 0.2) is 0 Å². The van der Waals surface area contributed by atoms with E-state index >= 15 is 0 Å². The third-order valence-electron chi connectivity index (χ3n) is 7.93. The lowest BCUT2D eigenvalue weighted by Crippen LogP contribution is -2.60. The number of carbonyl (C=O) groups is 6. The molecule has 0 aromatic heterocycles. The van der Waals surface area contributed by atoms with E-state index in [-0.39, 0.29) is 19.6 Å². The Morgan fingerprint density at radius 2 is 1.28 bits per heavy atom. The normalized spacial score (nSPS) is 13.9. The van der Waals surface area contributed by atoms with Crippen LogP contribution in [0.25, 0.3) is 0 Å². The summed E-state index contributed by atoms with van der Waals surface area (Å²) in [5, 5.41) is 14.8. The van der Waals surface area contributed by atoms with Crippen LogP contribution >= 0.6 is 0 Å². The number of esters is 1. The lowest BCUT2D eigenvalue weighted by molar-refractivity contribution is -0.159. The van der Waals surface area contributed by atoms with Crippen molar-refractivity contribution in [3.8, 4) is 0 Å². The van der Waals surface area contributed by atoms with Crippen molar-refractivity contribution in [2.24, 2.45) is 5.92 Å². The van der Waals surface area contributed by atoms with E-state index in [4.69, 9.17) is 14.2 Å². The van der Waals surface area contributed by atoms with Crippen molar-refractivity contribution in [3.63, 3.8) is 0 Å². The van der Waals surface area contributed by atoms with Crippen molar-refractivity contribution in [2.75, 3.05) is 20.7 Å². The summed E-state index contributed by atoms with van der Waals surface area (Å²) in [6.45, 7) is 13.4. The summed E-state index contributed by atoms with van der Waals surface area (Å²) in [6, 6.07) is 12.7. The third-order valence-corrected chi connectivity index (χ3v) is 7.93. The summed E-state index contributed by atoms with van der Waals surface area (Å²) in [7, 11) is 2.82. The molecule has 0 spiro atoms. The van der Waals surface area contributed by atoms with Crippen molar-refractivity contribution in [1.29, 1.82) is 0 Å². The highest BCUT2D eigenvalue weighted by Crippen LogP contribution is 2.19. The van der Waals surface area contributed by atoms with Crippen LogP contribution in [0.2, 0.25) is 0 Å². The van der Waals surface area contributed by atoms with Gasteiger partial charge in [-0.2, -0.15) is 0 Å². The molecule has 292 valence electrons. The summed E-state index contributed by atoms with van der Waals surface area (Å²) in [4.78, 5) is 82.2. The van der Waals surface area contributed by atoms with Gasteiger partial charge < -0.3 is 39.8 Å². The quantitative estimate of drug-likeness (QED) is 0.201. The number of hydrogen-bond donors (Lipinski definition) is 3. The average Bonchev–Trinajstić information content (AvgIpc) is 3.06. The van der Waals surface area contributed by atoms with Crippen LogP contribution in [-0.2, 0) is 51.2 Å². The molecule has 3 N–H and O–H groups in total. The Morgan fingerprint density at radius 1 is 0.736 bits per heavy atom. The number of nitrogens with one attached hydrogen (secondary N) is 2. The maximum absolute atomic E-state index is 14.4. The number of carboxylic acids is 1. The van der Waals surface area contributed by atoms with Gasteiger partial charge in [0, 0.05) is 20.5 Å². The van der Waals surface area contributed by atoms with Gasteiger partial charge in [-0.15, -0.1) is 0 Å². The van der Waals surface area contributed by atoms with Crippen LogP contribution < -0.4 is 10.6 Å². The van der Waals surface area contributed by atoms with Gasteiger partial charge in [-0.1, -0.05) is 74.5 Å². The first-order valence-corrected chi connectivity index (χ1v) is 17.5. The van der Waals surface area contributed by atoms with Gasteiger partial charge in [0.05, 0.1) is 18.6 Å². The van der Waals surface area contributed by atoms with Gasteiger partial charge in [0.2, 0.25) is 17.7 Å². The second-order valence-electron chi connectivity index (χ2n) is 15.2.